The first-order chi connectivity index (χ1) is 14.6. The molecule has 0 unspecified atom stereocenters. The van der Waals surface area contributed by atoms with E-state index in [1.54, 1.807) is 12.1 Å². The maximum atomic E-state index is 12.9. The van der Waals surface area contributed by atoms with Gasteiger partial charge in [-0.25, -0.2) is 0 Å². The van der Waals surface area contributed by atoms with E-state index < -0.39 is 6.10 Å². The Morgan fingerprint density at radius 1 is 1.16 bits per heavy atom. The monoisotopic (exact) mass is 424 g/mol. The fourth-order valence-electron chi connectivity index (χ4n) is 3.98. The fourth-order valence-corrected chi connectivity index (χ4v) is 3.98. The third-order valence-electron chi connectivity index (χ3n) is 6.02. The van der Waals surface area contributed by atoms with Crippen LogP contribution in [0.1, 0.15) is 67.3 Å². The van der Waals surface area contributed by atoms with Crippen LogP contribution < -0.4 is 4.74 Å². The largest absolute Gasteiger partial charge is 0.508 e. The van der Waals surface area contributed by atoms with Crippen molar-refractivity contribution in [3.05, 3.63) is 58.2 Å². The summed E-state index contributed by atoms with van der Waals surface area (Å²) in [7, 11) is 0. The second-order valence-electron chi connectivity index (χ2n) is 9.12. The van der Waals surface area contributed by atoms with Crippen molar-refractivity contribution in [1.82, 2.24) is 0 Å². The summed E-state index contributed by atoms with van der Waals surface area (Å²) in [6.07, 6.45) is 2.29. The Kier molecular flexibility index (Phi) is 5.21. The lowest BCUT2D eigenvalue weighted by molar-refractivity contribution is 0.0844. The van der Waals surface area contributed by atoms with E-state index >= 15 is 0 Å². The summed E-state index contributed by atoms with van der Waals surface area (Å²) in [5.41, 5.74) is 2.75. The van der Waals surface area contributed by atoms with Gasteiger partial charge in [0.05, 0.1) is 18.1 Å². The third-order valence-corrected chi connectivity index (χ3v) is 6.02. The maximum Gasteiger partial charge on any atom is 0.174 e. The van der Waals surface area contributed by atoms with Crippen molar-refractivity contribution in [2.75, 3.05) is 0 Å². The third kappa shape index (κ3) is 4.12. The van der Waals surface area contributed by atoms with Gasteiger partial charge in [-0.1, -0.05) is 17.7 Å². The van der Waals surface area contributed by atoms with Crippen LogP contribution in [0.4, 0.5) is 0 Å². The number of epoxide rings is 1. The van der Waals surface area contributed by atoms with E-state index in [1.165, 1.54) is 6.07 Å². The Morgan fingerprint density at radius 3 is 2.52 bits per heavy atom. The molecule has 0 radical (unpaired) electrons. The molecule has 0 aromatic heterocycles. The summed E-state index contributed by atoms with van der Waals surface area (Å²) in [6.45, 7) is 7.85. The Balaban J connectivity index is 1.62. The van der Waals surface area contributed by atoms with E-state index in [9.17, 15) is 20.1 Å². The number of ketones is 1. The minimum atomic E-state index is -0.574. The molecule has 2 aromatic rings. The van der Waals surface area contributed by atoms with Crippen LogP contribution in [-0.4, -0.2) is 32.8 Å². The summed E-state index contributed by atoms with van der Waals surface area (Å²) in [5, 5.41) is 31.3. The molecule has 6 heteroatoms. The molecule has 0 spiro atoms. The van der Waals surface area contributed by atoms with Crippen molar-refractivity contribution in [2.24, 2.45) is 0 Å². The number of benzene rings is 2. The van der Waals surface area contributed by atoms with Crippen molar-refractivity contribution < 1.29 is 29.6 Å². The first-order valence-electron chi connectivity index (χ1n) is 10.5. The van der Waals surface area contributed by atoms with Crippen molar-refractivity contribution >= 4 is 5.78 Å². The highest BCUT2D eigenvalue weighted by Crippen LogP contribution is 2.45. The normalized spacial score (nSPS) is 21.2. The van der Waals surface area contributed by atoms with Gasteiger partial charge < -0.3 is 24.8 Å². The number of hydrogen-bond acceptors (Lipinski definition) is 6. The molecule has 0 bridgehead atoms. The number of phenolic OH excluding ortho intramolecular Hbond substituents is 3. The average Bonchev–Trinajstić information content (AvgIpc) is 3.28. The first kappa shape index (κ1) is 21.2. The number of phenols is 3. The lowest BCUT2D eigenvalue weighted by Crippen LogP contribution is -2.21. The number of hydrogen-bond donors (Lipinski definition) is 3. The number of ether oxygens (including phenoxy) is 2. The molecular weight excluding hydrogens is 396 g/mol. The number of carbonyl (C=O) groups is 1. The van der Waals surface area contributed by atoms with Gasteiger partial charge in [-0.05, 0) is 57.4 Å². The minimum Gasteiger partial charge on any atom is -0.508 e. The van der Waals surface area contributed by atoms with Crippen LogP contribution in [0.25, 0.3) is 0 Å². The summed E-state index contributed by atoms with van der Waals surface area (Å²) in [6, 6.07) is 6.55. The van der Waals surface area contributed by atoms with Crippen molar-refractivity contribution in [3.63, 3.8) is 0 Å². The van der Waals surface area contributed by atoms with Crippen LogP contribution in [0.2, 0.25) is 0 Å². The molecule has 164 valence electrons. The number of Topliss-reactive ketones (excluding diaryl/α,β-unsaturated/α-hetero) is 1. The number of rotatable bonds is 5. The molecule has 31 heavy (non-hydrogen) atoms. The first-order valence-corrected chi connectivity index (χ1v) is 10.5. The molecule has 2 aromatic carbocycles. The van der Waals surface area contributed by atoms with Crippen LogP contribution in [-0.2, 0) is 17.6 Å². The molecule has 6 nitrogen and oxygen atoms in total. The Morgan fingerprint density at radius 2 is 1.87 bits per heavy atom. The van der Waals surface area contributed by atoms with E-state index in [4.69, 9.17) is 9.47 Å². The molecular formula is C25H28O6. The predicted molar refractivity (Wildman–Crippen MR) is 116 cm³/mol. The average molecular weight is 424 g/mol. The van der Waals surface area contributed by atoms with Crippen LogP contribution in [0.15, 0.2) is 35.9 Å². The summed E-state index contributed by atoms with van der Waals surface area (Å²) < 4.78 is 11.6. The lowest BCUT2D eigenvalue weighted by Gasteiger charge is -2.27. The van der Waals surface area contributed by atoms with Crippen LogP contribution >= 0.6 is 0 Å². The van der Waals surface area contributed by atoms with Gasteiger partial charge in [0, 0.05) is 18.1 Å². The van der Waals surface area contributed by atoms with E-state index in [0.29, 0.717) is 18.4 Å². The van der Waals surface area contributed by atoms with E-state index in [1.807, 2.05) is 39.8 Å². The molecule has 2 atom stereocenters. The van der Waals surface area contributed by atoms with Crippen molar-refractivity contribution in [2.45, 2.75) is 64.8 Å². The van der Waals surface area contributed by atoms with E-state index in [2.05, 4.69) is 0 Å². The zero-order valence-electron chi connectivity index (χ0n) is 18.2. The topological polar surface area (TPSA) is 99.5 Å². The second-order valence-corrected chi connectivity index (χ2v) is 9.12. The van der Waals surface area contributed by atoms with Gasteiger partial charge in [-0.15, -0.1) is 0 Å². The smallest absolute Gasteiger partial charge is 0.174 e. The Bertz CT molecular complexity index is 1080. The van der Waals surface area contributed by atoms with Gasteiger partial charge in [-0.2, -0.15) is 0 Å². The highest BCUT2D eigenvalue weighted by Gasteiger charge is 2.47. The molecule has 1 fully saturated rings. The van der Waals surface area contributed by atoms with Crippen molar-refractivity contribution in [1.29, 1.82) is 0 Å². The molecule has 2 aliphatic heterocycles. The highest BCUT2D eigenvalue weighted by molar-refractivity contribution is 6.03. The molecule has 1 saturated heterocycles. The van der Waals surface area contributed by atoms with Gasteiger partial charge in [0.25, 0.3) is 0 Å². The zero-order valence-corrected chi connectivity index (χ0v) is 18.2. The lowest BCUT2D eigenvalue weighted by atomic mass is 9.91. The molecule has 0 amide bonds. The van der Waals surface area contributed by atoms with E-state index in [0.717, 1.165) is 16.7 Å². The second kappa shape index (κ2) is 7.61. The number of allylic oxidation sites excluding steroid dienone is 2. The zero-order chi connectivity index (χ0) is 22.5. The number of fused-ring (bicyclic) bond motifs is 1. The number of carbonyl (C=O) groups excluding carboxylic acids is 1. The van der Waals surface area contributed by atoms with Crippen LogP contribution in [0, 0.1) is 0 Å². The van der Waals surface area contributed by atoms with Crippen molar-refractivity contribution in [3.8, 4) is 23.0 Å². The van der Waals surface area contributed by atoms with Gasteiger partial charge in [0.15, 0.2) is 5.78 Å². The molecule has 4 rings (SSSR count). The van der Waals surface area contributed by atoms with Crippen LogP contribution in [0.3, 0.4) is 0 Å². The van der Waals surface area contributed by atoms with Gasteiger partial charge in [0.1, 0.15) is 34.7 Å². The quantitative estimate of drug-likeness (QED) is 0.474. The van der Waals surface area contributed by atoms with E-state index in [-0.39, 0.29) is 52.5 Å². The fraction of sp³-hybridized carbons (Fsp3) is 0.400. The SMILES string of the molecule is CC(C)=CCc1c(O)cc2c(c1O)C(=O)C[C@@H](c1ccc(O)c(C[C@H]3OC3(C)C)c1)O2. The Hall–Kier alpha value is -2.99. The van der Waals surface area contributed by atoms with Gasteiger partial charge in [-0.3, -0.25) is 4.79 Å². The summed E-state index contributed by atoms with van der Waals surface area (Å²) >= 11 is 0. The molecule has 2 heterocycles. The van der Waals surface area contributed by atoms with Gasteiger partial charge >= 0.3 is 0 Å². The standard InChI is InChI=1S/C25H28O6/c1-13(2)5-7-16-18(27)11-21-23(24(16)29)19(28)12-20(30-21)14-6-8-17(26)15(9-14)10-22-25(3,4)31-22/h5-6,8-9,11,20,22,26-27,29H,7,10,12H2,1-4H3/t20-,22+/m0/s1. The minimum absolute atomic E-state index is 0.0383. The van der Waals surface area contributed by atoms with Crippen LogP contribution in [0.5, 0.6) is 23.0 Å². The predicted octanol–water partition coefficient (Wildman–Crippen LogP) is 4.74. The van der Waals surface area contributed by atoms with Gasteiger partial charge in [0.2, 0.25) is 0 Å². The maximum absolute atomic E-state index is 12.9. The molecule has 2 aliphatic rings. The Labute approximate surface area is 181 Å². The molecule has 3 N–H and O–H groups in total. The molecule has 0 aliphatic carbocycles. The molecule has 0 saturated carbocycles. The summed E-state index contributed by atoms with van der Waals surface area (Å²) in [5.74, 6) is -0.240. The number of aromatic hydroxyl groups is 3. The highest BCUT2D eigenvalue weighted by atomic mass is 16.6. The summed E-state index contributed by atoms with van der Waals surface area (Å²) in [4.78, 5) is 12.9.